The molecule has 0 aliphatic carbocycles. The standard InChI is InChI=1S/C17H23NO3S/c1-4-5-13(2)18-16(19)12-21-17(20)11-8-14-6-9-15(22-3)10-7-14/h6-11,13H,4-5,12H2,1-3H3,(H,18,19)/b11-8+/t13-/m0/s1. The fraction of sp³-hybridized carbons (Fsp3) is 0.412. The Labute approximate surface area is 136 Å². The van der Waals surface area contributed by atoms with Crippen LogP contribution in [0, 0.1) is 0 Å². The predicted molar refractivity (Wildman–Crippen MR) is 90.7 cm³/mol. The number of carbonyl (C=O) groups excluding carboxylic acids is 2. The molecule has 22 heavy (non-hydrogen) atoms. The largest absolute Gasteiger partial charge is 0.452 e. The molecule has 120 valence electrons. The summed E-state index contributed by atoms with van der Waals surface area (Å²) in [6.07, 6.45) is 6.92. The second kappa shape index (κ2) is 10.1. The first kappa shape index (κ1) is 18.3. The summed E-state index contributed by atoms with van der Waals surface area (Å²) in [6.45, 7) is 3.74. The van der Waals surface area contributed by atoms with Crippen molar-refractivity contribution in [3.63, 3.8) is 0 Å². The van der Waals surface area contributed by atoms with Gasteiger partial charge in [-0.3, -0.25) is 4.79 Å². The van der Waals surface area contributed by atoms with E-state index in [0.717, 1.165) is 23.3 Å². The van der Waals surface area contributed by atoms with Crippen molar-refractivity contribution >= 4 is 29.7 Å². The van der Waals surface area contributed by atoms with Crippen LogP contribution in [0.25, 0.3) is 6.08 Å². The molecule has 0 radical (unpaired) electrons. The van der Waals surface area contributed by atoms with Gasteiger partial charge >= 0.3 is 5.97 Å². The van der Waals surface area contributed by atoms with Crippen LogP contribution >= 0.6 is 11.8 Å². The summed E-state index contributed by atoms with van der Waals surface area (Å²) in [5.41, 5.74) is 0.913. The quantitative estimate of drug-likeness (QED) is 0.453. The Morgan fingerprint density at radius 1 is 1.32 bits per heavy atom. The van der Waals surface area contributed by atoms with E-state index in [0.29, 0.717) is 0 Å². The number of nitrogens with one attached hydrogen (secondary N) is 1. The fourth-order valence-electron chi connectivity index (χ4n) is 1.89. The Hall–Kier alpha value is -1.75. The molecule has 0 saturated heterocycles. The van der Waals surface area contributed by atoms with E-state index in [9.17, 15) is 9.59 Å². The highest BCUT2D eigenvalue weighted by Crippen LogP contribution is 2.15. The summed E-state index contributed by atoms with van der Waals surface area (Å²) in [4.78, 5) is 24.3. The molecule has 5 heteroatoms. The van der Waals surface area contributed by atoms with Gasteiger partial charge in [0.2, 0.25) is 0 Å². The normalized spacial score (nSPS) is 12.1. The third-order valence-corrected chi connectivity index (χ3v) is 3.75. The van der Waals surface area contributed by atoms with Crippen LogP contribution < -0.4 is 5.32 Å². The Balaban J connectivity index is 2.35. The summed E-state index contributed by atoms with van der Waals surface area (Å²) in [5, 5.41) is 2.78. The minimum atomic E-state index is -0.521. The molecule has 0 aliphatic heterocycles. The van der Waals surface area contributed by atoms with E-state index < -0.39 is 5.97 Å². The van der Waals surface area contributed by atoms with Crippen LogP contribution in [0.2, 0.25) is 0 Å². The van der Waals surface area contributed by atoms with Crippen LogP contribution in [0.4, 0.5) is 0 Å². The number of amides is 1. The second-order valence-electron chi connectivity index (χ2n) is 4.97. The smallest absolute Gasteiger partial charge is 0.331 e. The van der Waals surface area contributed by atoms with Gasteiger partial charge < -0.3 is 10.1 Å². The maximum Gasteiger partial charge on any atom is 0.331 e. The number of esters is 1. The number of ether oxygens (including phenoxy) is 1. The maximum absolute atomic E-state index is 11.6. The maximum atomic E-state index is 11.6. The molecule has 1 atom stereocenters. The molecule has 1 amide bonds. The monoisotopic (exact) mass is 321 g/mol. The summed E-state index contributed by atoms with van der Waals surface area (Å²) in [6, 6.07) is 7.92. The van der Waals surface area contributed by atoms with Gasteiger partial charge in [0.1, 0.15) is 0 Å². The molecule has 1 aromatic rings. The van der Waals surface area contributed by atoms with Crippen LogP contribution in [0.3, 0.4) is 0 Å². The zero-order chi connectivity index (χ0) is 16.4. The zero-order valence-electron chi connectivity index (χ0n) is 13.3. The van der Waals surface area contributed by atoms with Gasteiger partial charge in [0.25, 0.3) is 5.91 Å². The first-order chi connectivity index (χ1) is 10.5. The highest BCUT2D eigenvalue weighted by Gasteiger charge is 2.08. The van der Waals surface area contributed by atoms with E-state index >= 15 is 0 Å². The SMILES string of the molecule is CCC[C@H](C)NC(=O)COC(=O)/C=C/c1ccc(SC)cc1. The van der Waals surface area contributed by atoms with Gasteiger partial charge in [-0.25, -0.2) is 4.79 Å². The molecular weight excluding hydrogens is 298 g/mol. The number of carbonyl (C=O) groups is 2. The van der Waals surface area contributed by atoms with Crippen LogP contribution in [0.5, 0.6) is 0 Å². The predicted octanol–water partition coefficient (Wildman–Crippen LogP) is 3.27. The zero-order valence-corrected chi connectivity index (χ0v) is 14.1. The molecule has 0 saturated carbocycles. The van der Waals surface area contributed by atoms with Gasteiger partial charge in [0.15, 0.2) is 6.61 Å². The Morgan fingerprint density at radius 2 is 2.00 bits per heavy atom. The number of benzene rings is 1. The van der Waals surface area contributed by atoms with E-state index in [1.807, 2.05) is 37.4 Å². The van der Waals surface area contributed by atoms with Crippen molar-refractivity contribution in [3.8, 4) is 0 Å². The van der Waals surface area contributed by atoms with Crippen molar-refractivity contribution in [1.29, 1.82) is 0 Å². The Kier molecular flexibility index (Phi) is 8.36. The van der Waals surface area contributed by atoms with Crippen LogP contribution in [-0.4, -0.2) is 30.8 Å². The van der Waals surface area contributed by atoms with E-state index in [1.54, 1.807) is 17.8 Å². The van der Waals surface area contributed by atoms with E-state index in [2.05, 4.69) is 12.2 Å². The number of hydrogen-bond acceptors (Lipinski definition) is 4. The number of thioether (sulfide) groups is 1. The molecule has 1 N–H and O–H groups in total. The van der Waals surface area contributed by atoms with Crippen molar-refractivity contribution in [1.82, 2.24) is 5.32 Å². The first-order valence-electron chi connectivity index (χ1n) is 7.33. The van der Waals surface area contributed by atoms with Gasteiger partial charge in [0.05, 0.1) is 0 Å². The van der Waals surface area contributed by atoms with E-state index in [4.69, 9.17) is 4.74 Å². The Bertz CT molecular complexity index is 511. The summed E-state index contributed by atoms with van der Waals surface area (Å²) < 4.78 is 4.91. The minimum absolute atomic E-state index is 0.0988. The third-order valence-electron chi connectivity index (χ3n) is 3.00. The molecule has 0 aliphatic rings. The fourth-order valence-corrected chi connectivity index (χ4v) is 2.29. The number of rotatable bonds is 8. The van der Waals surface area contributed by atoms with Crippen molar-refractivity contribution in [2.45, 2.75) is 37.6 Å². The van der Waals surface area contributed by atoms with Gasteiger partial charge in [0, 0.05) is 17.0 Å². The van der Waals surface area contributed by atoms with Gasteiger partial charge in [-0.2, -0.15) is 0 Å². The molecule has 0 fully saturated rings. The summed E-state index contributed by atoms with van der Waals surface area (Å²) in [5.74, 6) is -0.792. The molecule has 0 aromatic heterocycles. The van der Waals surface area contributed by atoms with Crippen molar-refractivity contribution in [3.05, 3.63) is 35.9 Å². The molecule has 0 heterocycles. The van der Waals surface area contributed by atoms with Crippen molar-refractivity contribution < 1.29 is 14.3 Å². The van der Waals surface area contributed by atoms with Crippen LogP contribution in [-0.2, 0) is 14.3 Å². The molecule has 1 rings (SSSR count). The van der Waals surface area contributed by atoms with Crippen LogP contribution in [0.15, 0.2) is 35.2 Å². The summed E-state index contributed by atoms with van der Waals surface area (Å²) >= 11 is 1.66. The number of hydrogen-bond donors (Lipinski definition) is 1. The highest BCUT2D eigenvalue weighted by atomic mass is 32.2. The minimum Gasteiger partial charge on any atom is -0.452 e. The molecular formula is C17H23NO3S. The highest BCUT2D eigenvalue weighted by molar-refractivity contribution is 7.98. The van der Waals surface area contributed by atoms with E-state index in [-0.39, 0.29) is 18.6 Å². The van der Waals surface area contributed by atoms with Crippen molar-refractivity contribution in [2.24, 2.45) is 0 Å². The second-order valence-corrected chi connectivity index (χ2v) is 5.85. The molecule has 0 spiro atoms. The first-order valence-corrected chi connectivity index (χ1v) is 8.56. The molecule has 4 nitrogen and oxygen atoms in total. The van der Waals surface area contributed by atoms with E-state index in [1.165, 1.54) is 6.08 Å². The lowest BCUT2D eigenvalue weighted by atomic mass is 10.2. The lowest BCUT2D eigenvalue weighted by Gasteiger charge is -2.12. The average Bonchev–Trinajstić information content (AvgIpc) is 2.51. The van der Waals surface area contributed by atoms with Gasteiger partial charge in [-0.1, -0.05) is 25.5 Å². The van der Waals surface area contributed by atoms with Crippen LogP contribution in [0.1, 0.15) is 32.3 Å². The molecule has 0 unspecified atom stereocenters. The van der Waals surface area contributed by atoms with Gasteiger partial charge in [-0.15, -0.1) is 11.8 Å². The van der Waals surface area contributed by atoms with Gasteiger partial charge in [-0.05, 0) is 43.4 Å². The Morgan fingerprint density at radius 3 is 2.59 bits per heavy atom. The molecule has 0 bridgehead atoms. The van der Waals surface area contributed by atoms with Crippen molar-refractivity contribution in [2.75, 3.05) is 12.9 Å². The lowest BCUT2D eigenvalue weighted by molar-refractivity contribution is -0.144. The topological polar surface area (TPSA) is 55.4 Å². The summed E-state index contributed by atoms with van der Waals surface area (Å²) in [7, 11) is 0. The third kappa shape index (κ3) is 7.31. The average molecular weight is 321 g/mol. The molecule has 1 aromatic carbocycles. The lowest BCUT2D eigenvalue weighted by Crippen LogP contribution is -2.35.